The zero-order valence-electron chi connectivity index (χ0n) is 18.5. The van der Waals surface area contributed by atoms with Gasteiger partial charge in [0.2, 0.25) is 17.5 Å². The Bertz CT molecular complexity index is 1420. The predicted octanol–water partition coefficient (Wildman–Crippen LogP) is -4.04. The molecule has 0 aliphatic carbocycles. The molecule has 1 aromatic heterocycles. The van der Waals surface area contributed by atoms with Crippen molar-refractivity contribution in [3.63, 3.8) is 0 Å². The third-order valence-electron chi connectivity index (χ3n) is 5.41. The molecule has 1 fully saturated rings. The summed E-state index contributed by atoms with van der Waals surface area (Å²) in [5.74, 6) is -3.31. The first-order valence-corrected chi connectivity index (χ1v) is 11.4. The van der Waals surface area contributed by atoms with E-state index in [0.717, 1.165) is 0 Å². The van der Waals surface area contributed by atoms with Crippen molar-refractivity contribution in [3.8, 4) is 28.6 Å². The van der Waals surface area contributed by atoms with E-state index in [4.69, 9.17) is 13.9 Å². The fourth-order valence-corrected chi connectivity index (χ4v) is 4.39. The number of aromatic hydroxyl groups is 2. The van der Waals surface area contributed by atoms with Gasteiger partial charge in [-0.15, -0.1) is 0 Å². The first-order valence-electron chi connectivity index (χ1n) is 10.00. The Kier molecular flexibility index (Phi) is 8.36. The second-order valence-electron chi connectivity index (χ2n) is 7.67. The van der Waals surface area contributed by atoms with Gasteiger partial charge in [-0.05, 0) is 0 Å². The quantitative estimate of drug-likeness (QED) is 0.135. The Labute approximate surface area is 224 Å². The van der Waals surface area contributed by atoms with Gasteiger partial charge in [-0.2, -0.15) is 0 Å². The van der Waals surface area contributed by atoms with E-state index < -0.39 is 91.7 Å². The molecule has 4 rings (SSSR count). The molecule has 0 bridgehead atoms. The largest absolute Gasteiger partial charge is 1.00 e. The Morgan fingerprint density at radius 2 is 1.64 bits per heavy atom. The van der Waals surface area contributed by atoms with Crippen molar-refractivity contribution in [1.82, 2.24) is 0 Å². The van der Waals surface area contributed by atoms with E-state index in [0.29, 0.717) is 6.07 Å². The molecule has 0 unspecified atom stereocenters. The Balaban J connectivity index is 0.00000361. The van der Waals surface area contributed by atoms with Gasteiger partial charge in [0, 0.05) is 11.6 Å². The van der Waals surface area contributed by atoms with Gasteiger partial charge in [-0.25, -0.2) is 8.42 Å². The molecule has 188 valence electrons. The summed E-state index contributed by atoms with van der Waals surface area (Å²) in [4.78, 5) is 12.1. The number of rotatable bonds is 5. The van der Waals surface area contributed by atoms with Crippen LogP contribution in [0.3, 0.4) is 0 Å². The molecule has 1 aliphatic rings. The van der Waals surface area contributed by atoms with Crippen LogP contribution in [0.15, 0.2) is 50.5 Å². The molecule has 5 atom stereocenters. The van der Waals surface area contributed by atoms with Gasteiger partial charge in [0.1, 0.15) is 56.3 Å². The van der Waals surface area contributed by atoms with Crippen LogP contribution in [0.4, 0.5) is 0 Å². The van der Waals surface area contributed by atoms with Gasteiger partial charge >= 0.3 is 29.6 Å². The minimum Gasteiger partial charge on any atom is -0.744 e. The number of ether oxygens (including phenoxy) is 2. The van der Waals surface area contributed by atoms with Gasteiger partial charge in [0.05, 0.1) is 6.61 Å². The Hall–Kier alpha value is -2.24. The summed E-state index contributed by atoms with van der Waals surface area (Å²) in [5.41, 5.74) is -2.05. The third kappa shape index (κ3) is 4.97. The van der Waals surface area contributed by atoms with E-state index in [9.17, 15) is 48.4 Å². The molecule has 1 saturated heterocycles. The monoisotopic (exact) mass is 534 g/mol. The van der Waals surface area contributed by atoms with Crippen molar-refractivity contribution >= 4 is 21.1 Å². The van der Waals surface area contributed by atoms with Gasteiger partial charge < -0.3 is 49.1 Å². The van der Waals surface area contributed by atoms with Crippen LogP contribution in [0.5, 0.6) is 17.2 Å². The maximum Gasteiger partial charge on any atom is 1.00 e. The van der Waals surface area contributed by atoms with Gasteiger partial charge in [-0.3, -0.25) is 4.79 Å². The summed E-state index contributed by atoms with van der Waals surface area (Å²) >= 11 is 0. The predicted molar refractivity (Wildman–Crippen MR) is 114 cm³/mol. The molecular weight excluding hydrogens is 515 g/mol. The Morgan fingerprint density at radius 1 is 1.00 bits per heavy atom. The fraction of sp³-hybridized carbons (Fsp3) is 0.286. The number of hydrogen-bond acceptors (Lipinski definition) is 13. The van der Waals surface area contributed by atoms with Crippen LogP contribution in [0.2, 0.25) is 0 Å². The van der Waals surface area contributed by atoms with Crippen LogP contribution in [0.1, 0.15) is 0 Å². The number of phenols is 2. The first-order chi connectivity index (χ1) is 16.5. The van der Waals surface area contributed by atoms with Crippen LogP contribution in [0.25, 0.3) is 22.3 Å². The minimum atomic E-state index is -5.40. The van der Waals surface area contributed by atoms with Crippen molar-refractivity contribution in [2.75, 3.05) is 6.61 Å². The third-order valence-corrected chi connectivity index (χ3v) is 6.30. The summed E-state index contributed by atoms with van der Waals surface area (Å²) < 4.78 is 51.7. The summed E-state index contributed by atoms with van der Waals surface area (Å²) in [5, 5.41) is 59.1. The first kappa shape index (κ1) is 28.3. The van der Waals surface area contributed by atoms with Crippen molar-refractivity contribution in [2.45, 2.75) is 35.6 Å². The van der Waals surface area contributed by atoms with Gasteiger partial charge in [0.15, 0.2) is 11.3 Å². The number of phenolic OH excluding ortho intramolecular Hbond substituents is 2. The zero-order chi connectivity index (χ0) is 25.7. The van der Waals surface area contributed by atoms with Crippen LogP contribution in [-0.4, -0.2) is 80.9 Å². The number of fused-ring (bicyclic) bond motifs is 1. The molecule has 6 N–H and O–H groups in total. The minimum absolute atomic E-state index is 0. The summed E-state index contributed by atoms with van der Waals surface area (Å²) in [7, 11) is -5.40. The number of benzene rings is 2. The van der Waals surface area contributed by atoms with Crippen LogP contribution < -0.4 is 39.7 Å². The maximum atomic E-state index is 13.4. The number of hydrogen-bond donors (Lipinski definition) is 6. The van der Waals surface area contributed by atoms with E-state index >= 15 is 0 Å². The summed E-state index contributed by atoms with van der Waals surface area (Å²) in [6.45, 7) is -0.784. The summed E-state index contributed by atoms with van der Waals surface area (Å²) in [6.07, 6.45) is -8.70. The van der Waals surface area contributed by atoms with E-state index in [1.807, 2.05) is 0 Å². The molecule has 13 nitrogen and oxygen atoms in total. The molecule has 0 spiro atoms. The molecule has 0 saturated carbocycles. The molecule has 15 heteroatoms. The van der Waals surface area contributed by atoms with E-state index in [2.05, 4.69) is 0 Å². The SMILES string of the molecule is O=c1c(O[C@@H]2O[C@H](CO)[C@@H](O)[C@H](O)[C@H]2O)c(-c2ccccc2)oc2c(S(=O)(=O)[O-])c(O)cc(O)c12.[Na+]. The standard InChI is InChI=1S/C21H20O13S.Na/c22-7-11-13(25)15(27)16(28)21(32-11)34-19-14(26)12-9(23)6-10(24)20(35(29,30)31)18(12)33-17(19)8-4-2-1-3-5-8;/h1-6,11,13,15-16,21-25,27-28H,7H2,(H,29,30,31);/q;+1/p-1/t11-,13-,15+,16-,21+;/m1./s1. The van der Waals surface area contributed by atoms with Gasteiger partial charge in [-0.1, -0.05) is 30.3 Å². The average molecular weight is 534 g/mol. The van der Waals surface area contributed by atoms with Crippen molar-refractivity contribution in [3.05, 3.63) is 46.6 Å². The topological polar surface area (TPSA) is 227 Å². The molecule has 3 aromatic rings. The smallest absolute Gasteiger partial charge is 0.744 e. The molecular formula is C21H19NaO13S. The van der Waals surface area contributed by atoms with Gasteiger partial charge in [0.25, 0.3) is 0 Å². The normalized spacial score (nSPS) is 24.3. The maximum absolute atomic E-state index is 13.4. The molecule has 1 aliphatic heterocycles. The van der Waals surface area contributed by atoms with Crippen LogP contribution in [0, 0.1) is 0 Å². The molecule has 2 aromatic carbocycles. The van der Waals surface area contributed by atoms with Crippen LogP contribution in [-0.2, 0) is 14.9 Å². The Morgan fingerprint density at radius 3 is 2.22 bits per heavy atom. The van der Waals surface area contributed by atoms with Crippen molar-refractivity contribution < 1.29 is 87.1 Å². The van der Waals surface area contributed by atoms with E-state index in [1.165, 1.54) is 24.3 Å². The second kappa shape index (κ2) is 10.6. The molecule has 0 amide bonds. The number of aliphatic hydroxyl groups excluding tert-OH is 4. The van der Waals surface area contributed by atoms with Crippen LogP contribution >= 0.6 is 0 Å². The van der Waals surface area contributed by atoms with E-state index in [1.54, 1.807) is 6.07 Å². The van der Waals surface area contributed by atoms with E-state index in [-0.39, 0.29) is 35.1 Å². The molecule has 0 radical (unpaired) electrons. The second-order valence-corrected chi connectivity index (χ2v) is 8.99. The fourth-order valence-electron chi connectivity index (χ4n) is 3.70. The van der Waals surface area contributed by atoms with Crippen molar-refractivity contribution in [2.24, 2.45) is 0 Å². The molecule has 2 heterocycles. The average Bonchev–Trinajstić information content (AvgIpc) is 2.80. The zero-order valence-corrected chi connectivity index (χ0v) is 21.3. The molecule has 36 heavy (non-hydrogen) atoms. The number of aliphatic hydroxyl groups is 4. The summed E-state index contributed by atoms with van der Waals surface area (Å²) in [6, 6.07) is 7.93. The van der Waals surface area contributed by atoms with Crippen molar-refractivity contribution in [1.29, 1.82) is 0 Å².